The van der Waals surface area contributed by atoms with Crippen LogP contribution in [-0.2, 0) is 4.79 Å². The monoisotopic (exact) mass is 260 g/mol. The number of hydrogen-bond donors (Lipinski definition) is 0. The molecule has 3 rings (SSSR count). The second-order valence-corrected chi connectivity index (χ2v) is 8.50. The first-order chi connectivity index (χ1) is 8.81. The minimum absolute atomic E-state index is 0.183. The second kappa shape index (κ2) is 4.20. The zero-order chi connectivity index (χ0) is 13.8. The molecule has 0 bridgehead atoms. The summed E-state index contributed by atoms with van der Waals surface area (Å²) in [5.74, 6) is 2.04. The number of Topliss-reactive ketones (excluding diaryl/α,β-unsaturated/α-hetero) is 1. The molecule has 3 unspecified atom stereocenters. The first kappa shape index (κ1) is 13.4. The summed E-state index contributed by atoms with van der Waals surface area (Å²) >= 11 is 0. The van der Waals surface area contributed by atoms with Crippen LogP contribution in [0.5, 0.6) is 0 Å². The zero-order valence-electron chi connectivity index (χ0n) is 13.0. The van der Waals surface area contributed by atoms with E-state index in [0.29, 0.717) is 29.0 Å². The Kier molecular flexibility index (Phi) is 2.96. The van der Waals surface area contributed by atoms with E-state index in [1.165, 1.54) is 25.7 Å². The van der Waals surface area contributed by atoms with Crippen LogP contribution in [0.25, 0.3) is 0 Å². The Morgan fingerprint density at radius 3 is 2.63 bits per heavy atom. The highest BCUT2D eigenvalue weighted by atomic mass is 16.1. The molecule has 0 aromatic heterocycles. The molecule has 0 aromatic rings. The van der Waals surface area contributed by atoms with Crippen molar-refractivity contribution in [1.29, 1.82) is 0 Å². The summed E-state index contributed by atoms with van der Waals surface area (Å²) in [5.41, 5.74) is 2.32. The summed E-state index contributed by atoms with van der Waals surface area (Å²) in [4.78, 5) is 12.4. The third kappa shape index (κ3) is 2.10. The molecule has 2 fully saturated rings. The van der Waals surface area contributed by atoms with Crippen molar-refractivity contribution in [1.82, 2.24) is 0 Å². The van der Waals surface area contributed by atoms with E-state index in [0.717, 1.165) is 12.8 Å². The van der Waals surface area contributed by atoms with E-state index in [1.807, 2.05) is 0 Å². The highest BCUT2D eigenvalue weighted by Gasteiger charge is 2.51. The average molecular weight is 260 g/mol. The predicted octanol–water partition coefficient (Wildman–Crippen LogP) is 4.76. The van der Waals surface area contributed by atoms with Crippen molar-refractivity contribution in [3.8, 4) is 0 Å². The van der Waals surface area contributed by atoms with E-state index >= 15 is 0 Å². The summed E-state index contributed by atoms with van der Waals surface area (Å²) in [6, 6.07) is 0. The number of carbonyl (C=O) groups excluding carboxylic acids is 1. The molecule has 0 radical (unpaired) electrons. The molecule has 3 aliphatic rings. The summed E-state index contributed by atoms with van der Waals surface area (Å²) in [6.07, 6.45) is 9.53. The lowest BCUT2D eigenvalue weighted by Gasteiger charge is -2.53. The van der Waals surface area contributed by atoms with E-state index in [2.05, 4.69) is 33.8 Å². The molecule has 0 aromatic carbocycles. The lowest BCUT2D eigenvalue weighted by molar-refractivity contribution is -0.133. The summed E-state index contributed by atoms with van der Waals surface area (Å²) in [7, 11) is 0. The Balaban J connectivity index is 1.99. The van der Waals surface area contributed by atoms with Crippen molar-refractivity contribution in [2.45, 2.75) is 66.2 Å². The van der Waals surface area contributed by atoms with Crippen LogP contribution in [0.4, 0.5) is 0 Å². The van der Waals surface area contributed by atoms with Gasteiger partial charge < -0.3 is 0 Å². The second-order valence-electron chi connectivity index (χ2n) is 8.50. The maximum Gasteiger partial charge on any atom is 0.137 e. The summed E-state index contributed by atoms with van der Waals surface area (Å²) in [5, 5.41) is 0. The van der Waals surface area contributed by atoms with Crippen molar-refractivity contribution in [2.75, 3.05) is 0 Å². The van der Waals surface area contributed by atoms with Gasteiger partial charge in [0.15, 0.2) is 0 Å². The number of hydrogen-bond acceptors (Lipinski definition) is 1. The SMILES string of the molecule is CC1(C)CCC2C(=CC3CCCC(=O)C3C2(C)C)C1. The maximum atomic E-state index is 12.4. The van der Waals surface area contributed by atoms with Crippen LogP contribution >= 0.6 is 0 Å². The zero-order valence-corrected chi connectivity index (χ0v) is 13.0. The highest BCUT2D eigenvalue weighted by Crippen LogP contribution is 2.57. The van der Waals surface area contributed by atoms with Crippen molar-refractivity contribution < 1.29 is 4.79 Å². The Morgan fingerprint density at radius 2 is 1.89 bits per heavy atom. The van der Waals surface area contributed by atoms with E-state index in [-0.39, 0.29) is 5.41 Å². The molecule has 3 aliphatic carbocycles. The van der Waals surface area contributed by atoms with Gasteiger partial charge in [-0.2, -0.15) is 0 Å². The van der Waals surface area contributed by atoms with Crippen molar-refractivity contribution in [3.05, 3.63) is 11.6 Å². The highest BCUT2D eigenvalue weighted by molar-refractivity contribution is 5.83. The van der Waals surface area contributed by atoms with Gasteiger partial charge in [-0.1, -0.05) is 39.3 Å². The Hall–Kier alpha value is -0.590. The van der Waals surface area contributed by atoms with Crippen LogP contribution in [0.15, 0.2) is 11.6 Å². The quantitative estimate of drug-likeness (QED) is 0.574. The van der Waals surface area contributed by atoms with E-state index in [9.17, 15) is 4.79 Å². The third-order valence-electron chi connectivity index (χ3n) is 6.10. The average Bonchev–Trinajstić information content (AvgIpc) is 2.26. The molecular formula is C18H28O. The summed E-state index contributed by atoms with van der Waals surface area (Å²) in [6.45, 7) is 9.53. The molecule has 2 saturated carbocycles. The first-order valence-electron chi connectivity index (χ1n) is 8.04. The van der Waals surface area contributed by atoms with Crippen molar-refractivity contribution in [2.24, 2.45) is 28.6 Å². The Morgan fingerprint density at radius 1 is 1.16 bits per heavy atom. The fraction of sp³-hybridized carbons (Fsp3) is 0.833. The standard InChI is InChI=1S/C18H28O/c1-17(2)9-8-14-13(11-17)10-12-6-5-7-15(19)16(12)18(14,3)4/h10,12,14,16H,5-9,11H2,1-4H3. The first-order valence-corrected chi connectivity index (χ1v) is 8.04. The third-order valence-corrected chi connectivity index (χ3v) is 6.10. The number of allylic oxidation sites excluding steroid dienone is 2. The molecule has 0 N–H and O–H groups in total. The molecular weight excluding hydrogens is 232 g/mol. The molecule has 0 aliphatic heterocycles. The minimum atomic E-state index is 0.183. The molecule has 1 heteroatoms. The lowest BCUT2D eigenvalue weighted by Crippen LogP contribution is -2.48. The molecule has 0 saturated heterocycles. The number of fused-ring (bicyclic) bond motifs is 2. The van der Waals surface area contributed by atoms with Gasteiger partial charge in [0, 0.05) is 12.3 Å². The fourth-order valence-electron chi connectivity index (χ4n) is 5.22. The van der Waals surface area contributed by atoms with Crippen LogP contribution in [-0.4, -0.2) is 5.78 Å². The number of carbonyl (C=O) groups is 1. The Labute approximate surface area is 117 Å². The lowest BCUT2D eigenvalue weighted by atomic mass is 9.50. The van der Waals surface area contributed by atoms with Gasteiger partial charge in [0.25, 0.3) is 0 Å². The van der Waals surface area contributed by atoms with Gasteiger partial charge in [-0.25, -0.2) is 0 Å². The normalized spacial score (nSPS) is 40.1. The van der Waals surface area contributed by atoms with Crippen LogP contribution in [0.3, 0.4) is 0 Å². The van der Waals surface area contributed by atoms with Crippen molar-refractivity contribution >= 4 is 5.78 Å². The largest absolute Gasteiger partial charge is 0.299 e. The van der Waals surface area contributed by atoms with Gasteiger partial charge in [-0.15, -0.1) is 0 Å². The van der Waals surface area contributed by atoms with Gasteiger partial charge in [0.1, 0.15) is 5.78 Å². The van der Waals surface area contributed by atoms with Gasteiger partial charge in [0.05, 0.1) is 0 Å². The van der Waals surface area contributed by atoms with E-state index in [1.54, 1.807) is 5.57 Å². The van der Waals surface area contributed by atoms with Crippen LogP contribution in [0, 0.1) is 28.6 Å². The molecule has 19 heavy (non-hydrogen) atoms. The van der Waals surface area contributed by atoms with Gasteiger partial charge >= 0.3 is 0 Å². The summed E-state index contributed by atoms with van der Waals surface area (Å²) < 4.78 is 0. The molecule has 3 atom stereocenters. The van der Waals surface area contributed by atoms with Crippen LogP contribution in [0.2, 0.25) is 0 Å². The molecule has 0 amide bonds. The van der Waals surface area contributed by atoms with Gasteiger partial charge in [0.2, 0.25) is 0 Å². The van der Waals surface area contributed by atoms with Crippen LogP contribution < -0.4 is 0 Å². The van der Waals surface area contributed by atoms with Gasteiger partial charge in [-0.3, -0.25) is 4.79 Å². The number of ketones is 1. The van der Waals surface area contributed by atoms with E-state index in [4.69, 9.17) is 0 Å². The van der Waals surface area contributed by atoms with Gasteiger partial charge in [-0.05, 0) is 54.8 Å². The minimum Gasteiger partial charge on any atom is -0.299 e. The molecule has 106 valence electrons. The molecule has 1 nitrogen and oxygen atoms in total. The van der Waals surface area contributed by atoms with Crippen molar-refractivity contribution in [3.63, 3.8) is 0 Å². The smallest absolute Gasteiger partial charge is 0.137 e. The Bertz CT molecular complexity index is 427. The fourth-order valence-corrected chi connectivity index (χ4v) is 5.22. The molecule has 0 spiro atoms. The topological polar surface area (TPSA) is 17.1 Å². The van der Waals surface area contributed by atoms with E-state index < -0.39 is 0 Å². The predicted molar refractivity (Wildman–Crippen MR) is 78.8 cm³/mol. The maximum absolute atomic E-state index is 12.4. The van der Waals surface area contributed by atoms with Crippen LogP contribution in [0.1, 0.15) is 66.2 Å². The molecule has 0 heterocycles. The number of rotatable bonds is 0.